The van der Waals surface area contributed by atoms with E-state index in [1.807, 2.05) is 0 Å². The fourth-order valence-corrected chi connectivity index (χ4v) is 0.548. The van der Waals surface area contributed by atoms with Crippen molar-refractivity contribution in [2.24, 2.45) is 5.73 Å². The van der Waals surface area contributed by atoms with E-state index in [4.69, 9.17) is 17.3 Å². The molecule has 0 radical (unpaired) electrons. The number of hydrogen-bond donors (Lipinski definition) is 2. The van der Waals surface area contributed by atoms with Crippen LogP contribution in [-0.2, 0) is 9.59 Å². The Labute approximate surface area is 70.1 Å². The van der Waals surface area contributed by atoms with Crippen LogP contribution in [0.15, 0.2) is 0 Å². The molecular weight excluding hydrogens is 168 g/mol. The summed E-state index contributed by atoms with van der Waals surface area (Å²) in [4.78, 5) is 21.0. The lowest BCUT2D eigenvalue weighted by Gasteiger charge is -2.05. The number of carbonyl (C=O) groups excluding carboxylic acids is 2. The number of halogens is 1. The average molecular weight is 179 g/mol. The zero-order chi connectivity index (χ0) is 8.85. The minimum atomic E-state index is -0.575. The van der Waals surface area contributed by atoms with Crippen molar-refractivity contribution in [1.82, 2.24) is 5.32 Å². The van der Waals surface area contributed by atoms with E-state index in [-0.39, 0.29) is 12.5 Å². The summed E-state index contributed by atoms with van der Waals surface area (Å²) in [6, 6.07) is 0. The Bertz CT molecular complexity index is 161. The second-order valence-corrected chi connectivity index (χ2v) is 2.59. The van der Waals surface area contributed by atoms with Gasteiger partial charge in [-0.05, 0) is 6.42 Å². The summed E-state index contributed by atoms with van der Waals surface area (Å²) in [5.41, 5.74) is 4.79. The van der Waals surface area contributed by atoms with Gasteiger partial charge in [-0.2, -0.15) is 0 Å². The van der Waals surface area contributed by atoms with Gasteiger partial charge in [0.1, 0.15) is 5.38 Å². The fraction of sp³-hybridized carbons (Fsp3) is 0.667. The number of hydrogen-bond acceptors (Lipinski definition) is 2. The van der Waals surface area contributed by atoms with Gasteiger partial charge >= 0.3 is 0 Å². The van der Waals surface area contributed by atoms with Crippen molar-refractivity contribution < 1.29 is 9.59 Å². The highest BCUT2D eigenvalue weighted by Crippen LogP contribution is 1.99. The first-order chi connectivity index (χ1) is 5.07. The van der Waals surface area contributed by atoms with E-state index < -0.39 is 11.3 Å². The van der Waals surface area contributed by atoms with E-state index in [2.05, 4.69) is 5.32 Å². The van der Waals surface area contributed by atoms with Gasteiger partial charge in [0.05, 0.1) is 6.54 Å². The van der Waals surface area contributed by atoms with Gasteiger partial charge < -0.3 is 11.1 Å². The zero-order valence-corrected chi connectivity index (χ0v) is 7.02. The molecule has 0 aliphatic rings. The molecule has 2 amide bonds. The summed E-state index contributed by atoms with van der Waals surface area (Å²) >= 11 is 5.54. The van der Waals surface area contributed by atoms with Crippen LogP contribution < -0.4 is 11.1 Å². The maximum atomic E-state index is 10.8. The molecule has 0 aromatic rings. The Kier molecular flexibility index (Phi) is 4.61. The van der Waals surface area contributed by atoms with Crippen LogP contribution in [-0.4, -0.2) is 23.7 Å². The van der Waals surface area contributed by atoms with Crippen LogP contribution in [0.4, 0.5) is 0 Å². The van der Waals surface area contributed by atoms with Gasteiger partial charge in [-0.25, -0.2) is 0 Å². The standard InChI is InChI=1S/C6H11ClN2O2/c1-2-4(7)6(11)9-3-5(8)10/h4H,2-3H2,1H3,(H2,8,10)(H,9,11). The van der Waals surface area contributed by atoms with Crippen LogP contribution >= 0.6 is 11.6 Å². The van der Waals surface area contributed by atoms with Gasteiger partial charge in [0.15, 0.2) is 0 Å². The lowest BCUT2D eigenvalue weighted by molar-refractivity contribution is -0.124. The number of nitrogens with two attached hydrogens (primary N) is 1. The lowest BCUT2D eigenvalue weighted by Crippen LogP contribution is -2.37. The molecule has 1 unspecified atom stereocenters. The summed E-state index contributed by atoms with van der Waals surface area (Å²) in [6.45, 7) is 1.63. The Morgan fingerprint density at radius 1 is 1.64 bits per heavy atom. The predicted molar refractivity (Wildman–Crippen MR) is 42.1 cm³/mol. The molecule has 0 rings (SSSR count). The van der Waals surface area contributed by atoms with Crippen LogP contribution in [0, 0.1) is 0 Å². The summed E-state index contributed by atoms with van der Waals surface area (Å²) < 4.78 is 0. The molecule has 0 saturated carbocycles. The van der Waals surface area contributed by atoms with Gasteiger partial charge in [-0.1, -0.05) is 6.92 Å². The largest absolute Gasteiger partial charge is 0.368 e. The Balaban J connectivity index is 3.60. The highest BCUT2D eigenvalue weighted by Gasteiger charge is 2.11. The number of alkyl halides is 1. The minimum absolute atomic E-state index is 0.151. The maximum absolute atomic E-state index is 10.8. The predicted octanol–water partition coefficient (Wildman–Crippen LogP) is -0.395. The third kappa shape index (κ3) is 4.61. The van der Waals surface area contributed by atoms with Gasteiger partial charge in [0.25, 0.3) is 0 Å². The van der Waals surface area contributed by atoms with Crippen molar-refractivity contribution in [3.8, 4) is 0 Å². The number of primary amides is 1. The van der Waals surface area contributed by atoms with Gasteiger partial charge in [0, 0.05) is 0 Å². The molecule has 0 aliphatic carbocycles. The van der Waals surface area contributed by atoms with E-state index >= 15 is 0 Å². The normalized spacial score (nSPS) is 12.2. The van der Waals surface area contributed by atoms with E-state index in [1.54, 1.807) is 6.92 Å². The van der Waals surface area contributed by atoms with Crippen molar-refractivity contribution in [3.05, 3.63) is 0 Å². The molecule has 0 spiro atoms. The fourth-order valence-electron chi connectivity index (χ4n) is 0.470. The summed E-state index contributed by atoms with van der Waals surface area (Å²) in [5, 5.41) is 1.71. The average Bonchev–Trinajstić information content (AvgIpc) is 1.98. The third-order valence-corrected chi connectivity index (χ3v) is 1.59. The molecule has 0 aromatic carbocycles. The number of carbonyl (C=O) groups is 2. The van der Waals surface area contributed by atoms with Crippen molar-refractivity contribution >= 4 is 23.4 Å². The molecule has 1 atom stereocenters. The van der Waals surface area contributed by atoms with Crippen LogP contribution in [0.5, 0.6) is 0 Å². The monoisotopic (exact) mass is 178 g/mol. The topological polar surface area (TPSA) is 72.2 Å². The number of rotatable bonds is 4. The molecule has 3 N–H and O–H groups in total. The lowest BCUT2D eigenvalue weighted by atomic mass is 10.3. The highest BCUT2D eigenvalue weighted by atomic mass is 35.5. The Morgan fingerprint density at radius 2 is 2.18 bits per heavy atom. The first-order valence-corrected chi connectivity index (χ1v) is 3.71. The van der Waals surface area contributed by atoms with E-state index in [0.717, 1.165) is 0 Å². The quantitative estimate of drug-likeness (QED) is 0.576. The molecule has 0 saturated heterocycles. The minimum Gasteiger partial charge on any atom is -0.368 e. The molecule has 0 fully saturated rings. The molecule has 64 valence electrons. The van der Waals surface area contributed by atoms with Crippen LogP contribution in [0.25, 0.3) is 0 Å². The molecular formula is C6H11ClN2O2. The molecule has 4 nitrogen and oxygen atoms in total. The van der Waals surface area contributed by atoms with E-state index in [0.29, 0.717) is 6.42 Å². The summed E-state index contributed by atoms with van der Waals surface area (Å²) in [5.74, 6) is -0.925. The third-order valence-electron chi connectivity index (χ3n) is 1.08. The zero-order valence-electron chi connectivity index (χ0n) is 6.26. The second kappa shape index (κ2) is 4.96. The second-order valence-electron chi connectivity index (χ2n) is 2.06. The maximum Gasteiger partial charge on any atom is 0.238 e. The Morgan fingerprint density at radius 3 is 2.55 bits per heavy atom. The van der Waals surface area contributed by atoms with Crippen LogP contribution in [0.3, 0.4) is 0 Å². The van der Waals surface area contributed by atoms with Crippen molar-refractivity contribution in [2.45, 2.75) is 18.7 Å². The van der Waals surface area contributed by atoms with Gasteiger partial charge in [0.2, 0.25) is 11.8 Å². The summed E-state index contributed by atoms with van der Waals surface area (Å²) in [6.07, 6.45) is 0.534. The van der Waals surface area contributed by atoms with Gasteiger partial charge in [-0.3, -0.25) is 9.59 Å². The SMILES string of the molecule is CCC(Cl)C(=O)NCC(N)=O. The van der Waals surface area contributed by atoms with E-state index in [1.165, 1.54) is 0 Å². The molecule has 0 aliphatic heterocycles. The van der Waals surface area contributed by atoms with Crippen molar-refractivity contribution in [2.75, 3.05) is 6.54 Å². The molecule has 0 heterocycles. The molecule has 0 bridgehead atoms. The first-order valence-electron chi connectivity index (χ1n) is 3.28. The smallest absolute Gasteiger partial charge is 0.238 e. The Hall–Kier alpha value is -0.770. The highest BCUT2D eigenvalue weighted by molar-refractivity contribution is 6.30. The number of nitrogens with one attached hydrogen (secondary N) is 1. The molecule has 0 aromatic heterocycles. The van der Waals surface area contributed by atoms with Crippen molar-refractivity contribution in [1.29, 1.82) is 0 Å². The number of amides is 2. The first kappa shape index (κ1) is 10.2. The van der Waals surface area contributed by atoms with E-state index in [9.17, 15) is 9.59 Å². The van der Waals surface area contributed by atoms with Crippen molar-refractivity contribution in [3.63, 3.8) is 0 Å². The molecule has 5 heteroatoms. The van der Waals surface area contributed by atoms with Crippen LogP contribution in [0.1, 0.15) is 13.3 Å². The van der Waals surface area contributed by atoms with Crippen LogP contribution in [0.2, 0.25) is 0 Å². The summed E-state index contributed by atoms with van der Waals surface area (Å²) in [7, 11) is 0. The van der Waals surface area contributed by atoms with Gasteiger partial charge in [-0.15, -0.1) is 11.6 Å². The molecule has 11 heavy (non-hydrogen) atoms.